The number of hydrogen-bond donors (Lipinski definition) is 0. The Balaban J connectivity index is 2.17. The third kappa shape index (κ3) is 19.3. The van der Waals surface area contributed by atoms with Crippen LogP contribution in [-0.2, 0) is 9.53 Å². The average Bonchev–Trinajstić information content (AvgIpc) is 2.94. The Bertz CT molecular complexity index is 1030. The van der Waals surface area contributed by atoms with E-state index in [0.29, 0.717) is 13.0 Å². The van der Waals surface area contributed by atoms with Gasteiger partial charge in [-0.05, 0) is 102 Å². The zero-order chi connectivity index (χ0) is 30.9. The smallest absolute Gasteiger partial charge is 0.306 e. The third-order valence-corrected chi connectivity index (χ3v) is 7.63. The summed E-state index contributed by atoms with van der Waals surface area (Å²) in [5, 5.41) is 0. The molecule has 232 valence electrons. The molecule has 0 aromatic rings. The van der Waals surface area contributed by atoms with E-state index < -0.39 is 0 Å². The number of rotatable bonds is 20. The first-order valence-corrected chi connectivity index (χ1v) is 16.4. The molecule has 0 atom stereocenters. The van der Waals surface area contributed by atoms with Gasteiger partial charge in [0.2, 0.25) is 0 Å². The highest BCUT2D eigenvalue weighted by molar-refractivity contribution is 5.69. The molecule has 0 unspecified atom stereocenters. The van der Waals surface area contributed by atoms with Gasteiger partial charge in [-0.25, -0.2) is 0 Å². The Labute approximate surface area is 259 Å². The van der Waals surface area contributed by atoms with Gasteiger partial charge in [-0.1, -0.05) is 129 Å². The Kier molecular flexibility index (Phi) is 20.9. The molecule has 1 aliphatic carbocycles. The van der Waals surface area contributed by atoms with Crippen LogP contribution in [0.4, 0.5) is 0 Å². The molecule has 0 saturated heterocycles. The first kappa shape index (κ1) is 37.2. The minimum Gasteiger partial charge on any atom is -0.461 e. The molecule has 0 aromatic carbocycles. The maximum Gasteiger partial charge on any atom is 0.306 e. The largest absolute Gasteiger partial charge is 0.461 e. The summed E-state index contributed by atoms with van der Waals surface area (Å²) >= 11 is 0. The van der Waals surface area contributed by atoms with Crippen molar-refractivity contribution >= 4 is 5.97 Å². The summed E-state index contributed by atoms with van der Waals surface area (Å²) in [5.74, 6) is -0.130. The predicted molar refractivity (Wildman–Crippen MR) is 185 cm³/mol. The summed E-state index contributed by atoms with van der Waals surface area (Å²) < 4.78 is 5.38. The highest BCUT2D eigenvalue weighted by Crippen LogP contribution is 2.40. The topological polar surface area (TPSA) is 26.3 Å². The molecule has 1 aliphatic rings. The van der Waals surface area contributed by atoms with Crippen LogP contribution in [-0.4, -0.2) is 12.6 Å². The van der Waals surface area contributed by atoms with Crippen LogP contribution in [0.1, 0.15) is 125 Å². The van der Waals surface area contributed by atoms with Crippen molar-refractivity contribution in [2.45, 2.75) is 125 Å². The molecule has 0 bridgehead atoms. The fourth-order valence-electron chi connectivity index (χ4n) is 4.96. The van der Waals surface area contributed by atoms with Crippen molar-refractivity contribution in [2.75, 3.05) is 6.61 Å². The van der Waals surface area contributed by atoms with Gasteiger partial charge < -0.3 is 4.74 Å². The fraction of sp³-hybridized carbons (Fsp3) is 0.525. The SMILES string of the molecule is CCCCCC=CCC=CCC=CCC=CCCCC(=O)OCC=C(C)C=CC=C(C)C=CC1=C(C)CCCC1(C)C. The number of carbonyl (C=O) groups is 1. The third-order valence-electron chi connectivity index (χ3n) is 7.63. The van der Waals surface area contributed by atoms with Crippen molar-refractivity contribution in [3.8, 4) is 0 Å². The summed E-state index contributed by atoms with van der Waals surface area (Å²) in [5.41, 5.74) is 5.59. The molecule has 0 aromatic heterocycles. The summed E-state index contributed by atoms with van der Waals surface area (Å²) in [6.45, 7) is 13.7. The zero-order valence-corrected chi connectivity index (χ0v) is 27.8. The summed E-state index contributed by atoms with van der Waals surface area (Å²) in [7, 11) is 0. The molecule has 42 heavy (non-hydrogen) atoms. The van der Waals surface area contributed by atoms with Gasteiger partial charge in [0.15, 0.2) is 0 Å². The molecule has 2 heteroatoms. The molecule has 2 nitrogen and oxygen atoms in total. The number of allylic oxidation sites excluding steroid dienone is 17. The van der Waals surface area contributed by atoms with Gasteiger partial charge in [0, 0.05) is 6.42 Å². The normalized spacial score (nSPS) is 17.0. The molecule has 0 amide bonds. The molecule has 0 N–H and O–H groups in total. The van der Waals surface area contributed by atoms with Crippen LogP contribution in [0.2, 0.25) is 0 Å². The summed E-state index contributed by atoms with van der Waals surface area (Å²) in [6, 6.07) is 0. The van der Waals surface area contributed by atoms with E-state index in [1.165, 1.54) is 61.7 Å². The lowest BCUT2D eigenvalue weighted by molar-refractivity contribution is -0.142. The monoisotopic (exact) mass is 572 g/mol. The number of ether oxygens (including phenoxy) is 1. The van der Waals surface area contributed by atoms with Crippen LogP contribution >= 0.6 is 0 Å². The zero-order valence-electron chi connectivity index (χ0n) is 27.8. The van der Waals surface area contributed by atoms with Crippen LogP contribution < -0.4 is 0 Å². The predicted octanol–water partition coefficient (Wildman–Crippen LogP) is 12.2. The molecule has 0 saturated carbocycles. The summed E-state index contributed by atoms with van der Waals surface area (Å²) in [6.07, 6.45) is 44.5. The van der Waals surface area contributed by atoms with Crippen LogP contribution in [0.5, 0.6) is 0 Å². The molecule has 0 aliphatic heterocycles. The molecule has 0 heterocycles. The van der Waals surface area contributed by atoms with E-state index in [2.05, 4.69) is 114 Å². The Morgan fingerprint density at radius 3 is 2.07 bits per heavy atom. The van der Waals surface area contributed by atoms with Crippen molar-refractivity contribution in [2.24, 2.45) is 5.41 Å². The van der Waals surface area contributed by atoms with E-state index in [4.69, 9.17) is 4.74 Å². The van der Waals surface area contributed by atoms with Crippen molar-refractivity contribution < 1.29 is 9.53 Å². The van der Waals surface area contributed by atoms with Crippen molar-refractivity contribution in [3.05, 3.63) is 107 Å². The number of esters is 1. The van der Waals surface area contributed by atoms with E-state index in [0.717, 1.165) is 37.7 Å². The molecular weight excluding hydrogens is 512 g/mol. The van der Waals surface area contributed by atoms with Gasteiger partial charge in [0.05, 0.1) is 0 Å². The number of unbranched alkanes of at least 4 members (excludes halogenated alkanes) is 4. The van der Waals surface area contributed by atoms with Crippen LogP contribution in [0.15, 0.2) is 107 Å². The molecule has 0 fully saturated rings. The van der Waals surface area contributed by atoms with E-state index >= 15 is 0 Å². The molecule has 0 spiro atoms. The molecule has 1 rings (SSSR count). The minimum atomic E-state index is -0.130. The van der Waals surface area contributed by atoms with Crippen molar-refractivity contribution in [1.29, 1.82) is 0 Å². The van der Waals surface area contributed by atoms with Gasteiger partial charge in [-0.2, -0.15) is 0 Å². The lowest BCUT2D eigenvalue weighted by Gasteiger charge is -2.32. The van der Waals surface area contributed by atoms with Gasteiger partial charge >= 0.3 is 5.97 Å². The highest BCUT2D eigenvalue weighted by Gasteiger charge is 2.26. The maximum atomic E-state index is 12.0. The van der Waals surface area contributed by atoms with E-state index in [1.807, 2.05) is 13.0 Å². The van der Waals surface area contributed by atoms with Crippen molar-refractivity contribution in [3.63, 3.8) is 0 Å². The van der Waals surface area contributed by atoms with Gasteiger partial charge in [0.25, 0.3) is 0 Å². The van der Waals surface area contributed by atoms with Crippen molar-refractivity contribution in [1.82, 2.24) is 0 Å². The average molecular weight is 573 g/mol. The molecule has 0 radical (unpaired) electrons. The van der Waals surface area contributed by atoms with E-state index in [-0.39, 0.29) is 11.4 Å². The standard InChI is InChI=1S/C40H60O2/c1-7-8-9-10-11-12-13-14-15-16-17-18-19-20-21-22-23-29-39(41)42-34-32-36(3)27-24-26-35(2)30-31-38-37(4)28-25-33-40(38,5)6/h11-12,14-15,17-18,20-21,24,26-27,30-32H,7-10,13,16,19,22-23,25,28-29,33-34H2,1-6H3. The Morgan fingerprint density at radius 2 is 1.45 bits per heavy atom. The first-order chi connectivity index (χ1) is 20.3. The lowest BCUT2D eigenvalue weighted by atomic mass is 9.72. The van der Waals surface area contributed by atoms with E-state index in [9.17, 15) is 4.79 Å². The van der Waals surface area contributed by atoms with Crippen LogP contribution in [0, 0.1) is 5.41 Å². The molecular formula is C40H60O2. The minimum absolute atomic E-state index is 0.130. The van der Waals surface area contributed by atoms with Crippen LogP contribution in [0.3, 0.4) is 0 Å². The Morgan fingerprint density at radius 1 is 0.833 bits per heavy atom. The Hall–Kier alpha value is -2.87. The van der Waals surface area contributed by atoms with Crippen LogP contribution in [0.25, 0.3) is 0 Å². The number of hydrogen-bond acceptors (Lipinski definition) is 2. The lowest BCUT2D eigenvalue weighted by Crippen LogP contribution is -2.19. The van der Waals surface area contributed by atoms with Gasteiger partial charge in [0.1, 0.15) is 6.61 Å². The first-order valence-electron chi connectivity index (χ1n) is 16.4. The van der Waals surface area contributed by atoms with Gasteiger partial charge in [-0.15, -0.1) is 0 Å². The van der Waals surface area contributed by atoms with Gasteiger partial charge in [-0.3, -0.25) is 4.79 Å². The fourth-order valence-corrected chi connectivity index (χ4v) is 4.96. The maximum absolute atomic E-state index is 12.0. The van der Waals surface area contributed by atoms with E-state index in [1.54, 1.807) is 0 Å². The number of carbonyl (C=O) groups excluding carboxylic acids is 1. The highest BCUT2D eigenvalue weighted by atomic mass is 16.5. The quantitative estimate of drug-likeness (QED) is 0.0627. The second-order valence-electron chi connectivity index (χ2n) is 12.1. The summed E-state index contributed by atoms with van der Waals surface area (Å²) in [4.78, 5) is 12.0. The second kappa shape index (κ2) is 23.7. The second-order valence-corrected chi connectivity index (χ2v) is 12.1.